The minimum Gasteiger partial charge on any atom is -0.396 e. The quantitative estimate of drug-likeness (QED) is 0.660. The van der Waals surface area contributed by atoms with Crippen LogP contribution in [0, 0.1) is 5.82 Å². The molecule has 0 radical (unpaired) electrons. The van der Waals surface area contributed by atoms with Crippen LogP contribution in [0.3, 0.4) is 0 Å². The molecule has 1 aromatic rings. The van der Waals surface area contributed by atoms with Gasteiger partial charge in [0.1, 0.15) is 11.4 Å². The van der Waals surface area contributed by atoms with Gasteiger partial charge in [-0.3, -0.25) is 0 Å². The number of hydrogen-bond acceptors (Lipinski definition) is 3. The summed E-state index contributed by atoms with van der Waals surface area (Å²) in [6, 6.07) is 2.43. The number of alkyl halides is 3. The number of sulfonamides is 1. The lowest BCUT2D eigenvalue weighted by atomic mass is 10.3. The molecule has 3 N–H and O–H groups in total. The Morgan fingerprint density at radius 1 is 1.26 bits per heavy atom. The van der Waals surface area contributed by atoms with Gasteiger partial charge in [0.25, 0.3) is 0 Å². The maximum absolute atomic E-state index is 12.9. The standard InChI is InChI=1S/C10H10F4N2O2S/c11-7-2-1-6(5-8(7)15)19(17,18)16-9(3-4-9)10(12,13)14/h1-2,5,16H,3-4,15H2. The van der Waals surface area contributed by atoms with Crippen molar-refractivity contribution in [2.75, 3.05) is 5.73 Å². The Morgan fingerprint density at radius 3 is 2.26 bits per heavy atom. The smallest absolute Gasteiger partial charge is 0.396 e. The van der Waals surface area contributed by atoms with Crippen molar-refractivity contribution < 1.29 is 26.0 Å². The maximum Gasteiger partial charge on any atom is 0.407 e. The zero-order valence-corrected chi connectivity index (χ0v) is 10.3. The number of nitrogens with two attached hydrogens (primary N) is 1. The molecule has 1 saturated carbocycles. The van der Waals surface area contributed by atoms with Gasteiger partial charge < -0.3 is 5.73 Å². The molecule has 0 saturated heterocycles. The molecule has 2 rings (SSSR count). The molecule has 0 atom stereocenters. The van der Waals surface area contributed by atoms with E-state index < -0.39 is 38.1 Å². The molecule has 1 fully saturated rings. The van der Waals surface area contributed by atoms with Gasteiger partial charge in [-0.05, 0) is 31.0 Å². The third-order valence-corrected chi connectivity index (χ3v) is 4.43. The van der Waals surface area contributed by atoms with E-state index in [1.807, 2.05) is 0 Å². The number of hydrogen-bond donors (Lipinski definition) is 2. The molecule has 0 heterocycles. The molecule has 0 aromatic heterocycles. The van der Waals surface area contributed by atoms with Crippen LogP contribution >= 0.6 is 0 Å². The Labute approximate surface area is 106 Å². The van der Waals surface area contributed by atoms with Gasteiger partial charge in [0.05, 0.1) is 10.6 Å². The Hall–Kier alpha value is -1.35. The fraction of sp³-hybridized carbons (Fsp3) is 0.400. The molecule has 0 aliphatic heterocycles. The van der Waals surface area contributed by atoms with E-state index in [-0.39, 0.29) is 12.8 Å². The lowest BCUT2D eigenvalue weighted by Crippen LogP contribution is -2.47. The molecule has 106 valence electrons. The zero-order valence-electron chi connectivity index (χ0n) is 9.46. The molecule has 4 nitrogen and oxygen atoms in total. The van der Waals surface area contributed by atoms with Crippen LogP contribution in [0.5, 0.6) is 0 Å². The SMILES string of the molecule is Nc1cc(S(=O)(=O)NC2(C(F)(F)F)CC2)ccc1F. The molecule has 1 aromatic carbocycles. The van der Waals surface area contributed by atoms with Gasteiger partial charge in [-0.2, -0.15) is 17.9 Å². The predicted molar refractivity (Wildman–Crippen MR) is 59.2 cm³/mol. The van der Waals surface area contributed by atoms with Gasteiger partial charge in [0.15, 0.2) is 0 Å². The third kappa shape index (κ3) is 2.52. The molecule has 1 aliphatic rings. The number of benzene rings is 1. The largest absolute Gasteiger partial charge is 0.407 e. The summed E-state index contributed by atoms with van der Waals surface area (Å²) in [5, 5.41) is 0. The number of anilines is 1. The molecular weight excluding hydrogens is 288 g/mol. The summed E-state index contributed by atoms with van der Waals surface area (Å²) >= 11 is 0. The highest BCUT2D eigenvalue weighted by Crippen LogP contribution is 2.49. The summed E-state index contributed by atoms with van der Waals surface area (Å²) < 4.78 is 76.2. The average molecular weight is 298 g/mol. The van der Waals surface area contributed by atoms with E-state index in [4.69, 9.17) is 5.73 Å². The van der Waals surface area contributed by atoms with Gasteiger partial charge in [0, 0.05) is 0 Å². The van der Waals surface area contributed by atoms with Gasteiger partial charge in [-0.1, -0.05) is 0 Å². The van der Waals surface area contributed by atoms with E-state index in [1.54, 1.807) is 4.72 Å². The fourth-order valence-corrected chi connectivity index (χ4v) is 3.05. The molecule has 0 bridgehead atoms. The van der Waals surface area contributed by atoms with Gasteiger partial charge in [-0.25, -0.2) is 12.8 Å². The van der Waals surface area contributed by atoms with Crippen LogP contribution in [-0.2, 0) is 10.0 Å². The summed E-state index contributed by atoms with van der Waals surface area (Å²) in [5.41, 5.74) is 2.34. The first-order chi connectivity index (χ1) is 8.57. The molecule has 9 heteroatoms. The van der Waals surface area contributed by atoms with Gasteiger partial charge in [-0.15, -0.1) is 0 Å². The highest BCUT2D eigenvalue weighted by atomic mass is 32.2. The minimum absolute atomic E-state index is 0.313. The van der Waals surface area contributed by atoms with Gasteiger partial charge in [0.2, 0.25) is 10.0 Å². The number of rotatable bonds is 3. The second-order valence-corrected chi connectivity index (χ2v) is 6.05. The Morgan fingerprint density at radius 2 is 1.84 bits per heavy atom. The van der Waals surface area contributed by atoms with E-state index in [1.165, 1.54) is 0 Å². The highest BCUT2D eigenvalue weighted by Gasteiger charge is 2.65. The van der Waals surface area contributed by atoms with Crippen molar-refractivity contribution in [1.82, 2.24) is 4.72 Å². The summed E-state index contributed by atoms with van der Waals surface area (Å²) in [4.78, 5) is -0.498. The second-order valence-electron chi connectivity index (χ2n) is 4.37. The minimum atomic E-state index is -4.66. The Kier molecular flexibility index (Phi) is 3.01. The van der Waals surface area contributed by atoms with E-state index in [9.17, 15) is 26.0 Å². The lowest BCUT2D eigenvalue weighted by Gasteiger charge is -2.20. The Balaban J connectivity index is 2.31. The summed E-state index contributed by atoms with van der Waals surface area (Å²) in [5.74, 6) is -0.837. The first-order valence-electron chi connectivity index (χ1n) is 5.23. The zero-order chi connectivity index (χ0) is 14.5. The van der Waals surface area contributed by atoms with Crippen LogP contribution in [0.4, 0.5) is 23.2 Å². The van der Waals surface area contributed by atoms with Crippen molar-refractivity contribution in [2.24, 2.45) is 0 Å². The second kappa shape index (κ2) is 4.07. The number of halogens is 4. The average Bonchev–Trinajstić information content (AvgIpc) is 3.01. The van der Waals surface area contributed by atoms with Crippen molar-refractivity contribution in [3.63, 3.8) is 0 Å². The van der Waals surface area contributed by atoms with E-state index >= 15 is 0 Å². The first-order valence-corrected chi connectivity index (χ1v) is 6.71. The molecular formula is C10H10F4N2O2S. The Bertz CT molecular complexity index is 608. The molecule has 0 amide bonds. The van der Waals surface area contributed by atoms with Crippen molar-refractivity contribution in [3.05, 3.63) is 24.0 Å². The van der Waals surface area contributed by atoms with Crippen LogP contribution in [0.15, 0.2) is 23.1 Å². The maximum atomic E-state index is 12.9. The van der Waals surface area contributed by atoms with Crippen molar-refractivity contribution in [2.45, 2.75) is 29.5 Å². The normalized spacial score (nSPS) is 18.3. The van der Waals surface area contributed by atoms with Crippen LogP contribution in [-0.4, -0.2) is 20.1 Å². The van der Waals surface area contributed by atoms with E-state index in [0.29, 0.717) is 0 Å². The van der Waals surface area contributed by atoms with Crippen LogP contribution in [0.2, 0.25) is 0 Å². The van der Waals surface area contributed by atoms with Crippen LogP contribution in [0.1, 0.15) is 12.8 Å². The lowest BCUT2D eigenvalue weighted by molar-refractivity contribution is -0.160. The van der Waals surface area contributed by atoms with Crippen molar-refractivity contribution in [3.8, 4) is 0 Å². The molecule has 19 heavy (non-hydrogen) atoms. The van der Waals surface area contributed by atoms with Gasteiger partial charge >= 0.3 is 6.18 Å². The topological polar surface area (TPSA) is 72.2 Å². The van der Waals surface area contributed by atoms with E-state index in [0.717, 1.165) is 18.2 Å². The van der Waals surface area contributed by atoms with Crippen LogP contribution < -0.4 is 10.5 Å². The number of nitrogen functional groups attached to an aromatic ring is 1. The van der Waals surface area contributed by atoms with Crippen molar-refractivity contribution in [1.29, 1.82) is 0 Å². The van der Waals surface area contributed by atoms with E-state index in [2.05, 4.69) is 0 Å². The number of nitrogens with one attached hydrogen (secondary N) is 1. The predicted octanol–water partition coefficient (Wildman–Crippen LogP) is 1.78. The highest BCUT2D eigenvalue weighted by molar-refractivity contribution is 7.89. The first kappa shape index (κ1) is 14.1. The summed E-state index contributed by atoms with van der Waals surface area (Å²) in [7, 11) is -4.39. The molecule has 0 unspecified atom stereocenters. The summed E-state index contributed by atoms with van der Waals surface area (Å²) in [6.45, 7) is 0. The monoisotopic (exact) mass is 298 g/mol. The summed E-state index contributed by atoms with van der Waals surface area (Å²) in [6.07, 6.45) is -5.29. The molecule has 0 spiro atoms. The van der Waals surface area contributed by atoms with Crippen molar-refractivity contribution >= 4 is 15.7 Å². The third-order valence-electron chi connectivity index (χ3n) is 2.90. The fourth-order valence-electron chi connectivity index (χ4n) is 1.57. The molecule has 1 aliphatic carbocycles. The van der Waals surface area contributed by atoms with Crippen LogP contribution in [0.25, 0.3) is 0 Å².